The molecule has 0 radical (unpaired) electrons. The summed E-state index contributed by atoms with van der Waals surface area (Å²) in [4.78, 5) is 31.9. The fourth-order valence-corrected chi connectivity index (χ4v) is 3.63. The Bertz CT molecular complexity index is 1550. The van der Waals surface area contributed by atoms with E-state index >= 15 is 0 Å². The number of anilines is 1. The molecule has 4 heterocycles. The third-order valence-corrected chi connectivity index (χ3v) is 5.53. The van der Waals surface area contributed by atoms with Crippen molar-refractivity contribution in [3.63, 3.8) is 0 Å². The van der Waals surface area contributed by atoms with E-state index in [-0.39, 0.29) is 0 Å². The van der Waals surface area contributed by atoms with Crippen LogP contribution in [0.15, 0.2) is 110 Å². The molecule has 4 aromatic heterocycles. The molecule has 208 valence electrons. The van der Waals surface area contributed by atoms with Gasteiger partial charge in [-0.25, -0.2) is 14.1 Å². The largest absolute Gasteiger partial charge is 0.378 e. The van der Waals surface area contributed by atoms with Crippen molar-refractivity contribution in [3.05, 3.63) is 141 Å². The van der Waals surface area contributed by atoms with Crippen molar-refractivity contribution in [1.29, 1.82) is 0 Å². The van der Waals surface area contributed by atoms with Gasteiger partial charge in [-0.1, -0.05) is 12.1 Å². The van der Waals surface area contributed by atoms with E-state index in [2.05, 4.69) is 63.4 Å². The van der Waals surface area contributed by atoms with Crippen LogP contribution in [-0.4, -0.2) is 39.2 Å². The molecule has 14 nitrogen and oxygen atoms in total. The van der Waals surface area contributed by atoms with Crippen molar-refractivity contribution in [1.82, 2.24) is 15.0 Å². The molecule has 0 saturated carbocycles. The monoisotopic (exact) mass is 556 g/mol. The van der Waals surface area contributed by atoms with E-state index in [1.807, 2.05) is 60.1 Å². The minimum absolute atomic E-state index is 0.754. The number of aromatic nitrogens is 5. The molecule has 0 saturated heterocycles. The van der Waals surface area contributed by atoms with E-state index in [0.29, 0.717) is 0 Å². The summed E-state index contributed by atoms with van der Waals surface area (Å²) in [6.45, 7) is 0. The van der Waals surface area contributed by atoms with Gasteiger partial charge in [0.1, 0.15) is 12.4 Å². The molecule has 0 fully saturated rings. The number of rotatable bonds is 5. The molecule has 0 atom stereocenters. The van der Waals surface area contributed by atoms with E-state index < -0.39 is 10.2 Å². The van der Waals surface area contributed by atoms with E-state index in [0.717, 1.165) is 28.3 Å². The standard InChI is InChI=1S/C27H24N6.2NO3/c1-31(2)25-5-3-21(4-6-25)23-9-15-32(16-10-23)26-19-29-20-27(30-26)33-17-11-24(12-18-33)22-7-13-28-14-8-22;2*2-1(3)4/h3-20H,1-2H3;;/q+2;2*-1. The lowest BCUT2D eigenvalue weighted by atomic mass is 10.1. The molecule has 0 aliphatic carbocycles. The predicted molar refractivity (Wildman–Crippen MR) is 149 cm³/mol. The average Bonchev–Trinajstić information content (AvgIpc) is 2.97. The molecule has 5 rings (SSSR count). The molecule has 0 amide bonds. The Kier molecular flexibility index (Phi) is 10.2. The van der Waals surface area contributed by atoms with Gasteiger partial charge in [0.2, 0.25) is 0 Å². The summed E-state index contributed by atoms with van der Waals surface area (Å²) in [7, 11) is 4.09. The van der Waals surface area contributed by atoms with Crippen molar-refractivity contribution in [2.45, 2.75) is 0 Å². The zero-order valence-electron chi connectivity index (χ0n) is 21.9. The molecule has 14 heteroatoms. The lowest BCUT2D eigenvalue weighted by Crippen LogP contribution is -2.35. The molecule has 0 N–H and O–H groups in total. The summed E-state index contributed by atoms with van der Waals surface area (Å²) in [5.74, 6) is 1.51. The summed E-state index contributed by atoms with van der Waals surface area (Å²) in [6.07, 6.45) is 15.1. The Hall–Kier alpha value is -6.05. The first-order valence-electron chi connectivity index (χ1n) is 11.8. The van der Waals surface area contributed by atoms with Gasteiger partial charge < -0.3 is 35.5 Å². The van der Waals surface area contributed by atoms with E-state index in [1.165, 1.54) is 11.3 Å². The van der Waals surface area contributed by atoms with E-state index in [1.54, 1.807) is 24.8 Å². The van der Waals surface area contributed by atoms with E-state index in [9.17, 15) is 0 Å². The van der Waals surface area contributed by atoms with Crippen LogP contribution in [0.3, 0.4) is 0 Å². The number of hydrogen-bond donors (Lipinski definition) is 0. The first kappa shape index (κ1) is 29.5. The number of benzene rings is 1. The Labute approximate surface area is 233 Å². The van der Waals surface area contributed by atoms with Gasteiger partial charge >= 0.3 is 11.6 Å². The maximum absolute atomic E-state index is 8.25. The van der Waals surface area contributed by atoms with Crippen LogP contribution in [0.5, 0.6) is 0 Å². The van der Waals surface area contributed by atoms with Gasteiger partial charge in [0.25, 0.3) is 0 Å². The minimum Gasteiger partial charge on any atom is -0.378 e. The highest BCUT2D eigenvalue weighted by atomic mass is 16.9. The van der Waals surface area contributed by atoms with Crippen LogP contribution >= 0.6 is 0 Å². The van der Waals surface area contributed by atoms with Gasteiger partial charge in [0, 0.05) is 37.2 Å². The molecular formula is C27H24N8O6. The zero-order chi connectivity index (χ0) is 29.8. The fraction of sp³-hybridized carbons (Fsp3) is 0.0741. The Balaban J connectivity index is 0.000000515. The fourth-order valence-electron chi connectivity index (χ4n) is 3.63. The second kappa shape index (κ2) is 14.2. The van der Waals surface area contributed by atoms with Crippen LogP contribution < -0.4 is 14.0 Å². The number of nitrogens with zero attached hydrogens (tertiary/aromatic N) is 8. The van der Waals surface area contributed by atoms with Crippen molar-refractivity contribution in [2.24, 2.45) is 0 Å². The molecule has 0 aliphatic rings. The van der Waals surface area contributed by atoms with Gasteiger partial charge in [0.05, 0.1) is 35.0 Å². The maximum Gasteiger partial charge on any atom is 0.351 e. The molecule has 41 heavy (non-hydrogen) atoms. The lowest BCUT2D eigenvalue weighted by Gasteiger charge is -2.12. The highest BCUT2D eigenvalue weighted by Gasteiger charge is 2.15. The molecule has 0 unspecified atom stereocenters. The second-order valence-electron chi connectivity index (χ2n) is 8.35. The third-order valence-electron chi connectivity index (χ3n) is 5.53. The van der Waals surface area contributed by atoms with Gasteiger partial charge in [-0.2, -0.15) is 0 Å². The van der Waals surface area contributed by atoms with Crippen LogP contribution in [0.1, 0.15) is 0 Å². The molecular weight excluding hydrogens is 532 g/mol. The Morgan fingerprint density at radius 2 is 0.951 bits per heavy atom. The smallest absolute Gasteiger partial charge is 0.351 e. The summed E-state index contributed by atoms with van der Waals surface area (Å²) in [5, 5.41) is 29.5. The Morgan fingerprint density at radius 3 is 1.34 bits per heavy atom. The molecule has 0 aliphatic heterocycles. The highest BCUT2D eigenvalue weighted by Crippen LogP contribution is 2.21. The second-order valence-corrected chi connectivity index (χ2v) is 8.35. The van der Waals surface area contributed by atoms with Crippen LogP contribution in [0.4, 0.5) is 5.69 Å². The first-order valence-corrected chi connectivity index (χ1v) is 11.8. The predicted octanol–water partition coefficient (Wildman–Crippen LogP) is 3.35. The quantitative estimate of drug-likeness (QED) is 0.177. The van der Waals surface area contributed by atoms with Crippen molar-refractivity contribution in [3.8, 4) is 33.9 Å². The van der Waals surface area contributed by atoms with Crippen molar-refractivity contribution < 1.29 is 19.3 Å². The summed E-state index contributed by atoms with van der Waals surface area (Å²) < 4.78 is 3.93. The van der Waals surface area contributed by atoms with Gasteiger partial charge in [-0.05, 0) is 70.8 Å². The Morgan fingerprint density at radius 1 is 0.585 bits per heavy atom. The topological polar surface area (TPSA) is 182 Å². The zero-order valence-corrected chi connectivity index (χ0v) is 21.9. The molecule has 0 bridgehead atoms. The average molecular weight is 557 g/mol. The van der Waals surface area contributed by atoms with Crippen LogP contribution in [-0.2, 0) is 0 Å². The highest BCUT2D eigenvalue weighted by molar-refractivity contribution is 5.65. The lowest BCUT2D eigenvalue weighted by molar-refractivity contribution is -0.612. The van der Waals surface area contributed by atoms with E-state index in [4.69, 9.17) is 35.6 Å². The third kappa shape index (κ3) is 9.03. The van der Waals surface area contributed by atoms with Gasteiger partial charge in [0.15, 0.2) is 0 Å². The molecule has 1 aromatic carbocycles. The minimum atomic E-state index is -1.75. The van der Waals surface area contributed by atoms with Crippen LogP contribution in [0.2, 0.25) is 0 Å². The van der Waals surface area contributed by atoms with Crippen LogP contribution in [0.25, 0.3) is 33.9 Å². The normalized spacial score (nSPS) is 9.80. The summed E-state index contributed by atoms with van der Waals surface area (Å²) in [6, 6.07) is 20.8. The van der Waals surface area contributed by atoms with Gasteiger partial charge in [-0.15, -0.1) is 0 Å². The van der Waals surface area contributed by atoms with Crippen molar-refractivity contribution in [2.75, 3.05) is 19.0 Å². The summed E-state index contributed by atoms with van der Waals surface area (Å²) in [5.41, 5.74) is 5.77. The van der Waals surface area contributed by atoms with Crippen molar-refractivity contribution >= 4 is 5.69 Å². The number of pyridine rings is 3. The SMILES string of the molecule is CN(C)c1ccc(-c2cc[n+](-c3cncc(-[n+]4ccc(-c5ccncc5)cc4)n3)cc2)cc1.O=[N+]([O-])[O-].O=[N+]([O-])[O-]. The van der Waals surface area contributed by atoms with Crippen LogP contribution in [0, 0.1) is 30.6 Å². The maximum atomic E-state index is 8.25. The number of hydrogen-bond acceptors (Lipinski definition) is 10. The molecule has 5 aromatic rings. The van der Waals surface area contributed by atoms with Gasteiger partial charge in [-0.3, -0.25) is 4.98 Å². The molecule has 0 spiro atoms. The first-order chi connectivity index (χ1) is 19.6. The summed E-state index contributed by atoms with van der Waals surface area (Å²) >= 11 is 0.